The average Bonchev–Trinajstić information content (AvgIpc) is 3.32. The molecule has 3 aromatic heterocycles. The van der Waals surface area contributed by atoms with Crippen molar-refractivity contribution >= 4 is 27.1 Å². The molecule has 1 aliphatic heterocycles. The van der Waals surface area contributed by atoms with E-state index in [1.807, 2.05) is 59.3 Å². The van der Waals surface area contributed by atoms with E-state index < -0.39 is 0 Å². The monoisotopic (exact) mass is 362 g/mol. The molecule has 4 aromatic rings. The Kier molecular flexibility index (Phi) is 3.17. The molecule has 0 spiro atoms. The van der Waals surface area contributed by atoms with Crippen LogP contribution in [0.15, 0.2) is 62.8 Å². The van der Waals surface area contributed by atoms with Gasteiger partial charge < -0.3 is 14.1 Å². The summed E-state index contributed by atoms with van der Waals surface area (Å²) in [6.45, 7) is 2.18. The SMILES string of the molecule is Cc1ccc(-c2csc3c2c(=O)nc2n3CC(O)=C2c2ccccc2)o1. The van der Waals surface area contributed by atoms with E-state index >= 15 is 0 Å². The van der Waals surface area contributed by atoms with Crippen molar-refractivity contribution < 1.29 is 9.52 Å². The summed E-state index contributed by atoms with van der Waals surface area (Å²) in [5, 5.41) is 13.0. The Morgan fingerprint density at radius 2 is 2.00 bits per heavy atom. The first-order valence-corrected chi connectivity index (χ1v) is 9.08. The van der Waals surface area contributed by atoms with Gasteiger partial charge in [-0.25, -0.2) is 0 Å². The number of aryl methyl sites for hydroxylation is 1. The van der Waals surface area contributed by atoms with Gasteiger partial charge in [-0.05, 0) is 24.6 Å². The molecule has 0 amide bonds. The lowest BCUT2D eigenvalue weighted by Gasteiger charge is -2.07. The number of rotatable bonds is 2. The number of aliphatic hydroxyl groups excluding tert-OH is 1. The van der Waals surface area contributed by atoms with Gasteiger partial charge in [0.15, 0.2) is 0 Å². The molecule has 0 aliphatic carbocycles. The van der Waals surface area contributed by atoms with Crippen molar-refractivity contribution in [2.45, 2.75) is 13.5 Å². The van der Waals surface area contributed by atoms with Crippen LogP contribution in [-0.4, -0.2) is 14.7 Å². The van der Waals surface area contributed by atoms with Crippen LogP contribution in [0.3, 0.4) is 0 Å². The van der Waals surface area contributed by atoms with E-state index in [4.69, 9.17) is 4.42 Å². The summed E-state index contributed by atoms with van der Waals surface area (Å²) in [6, 6.07) is 13.3. The summed E-state index contributed by atoms with van der Waals surface area (Å²) in [7, 11) is 0. The summed E-state index contributed by atoms with van der Waals surface area (Å²) < 4.78 is 7.59. The zero-order valence-electron chi connectivity index (χ0n) is 13.9. The highest BCUT2D eigenvalue weighted by Crippen LogP contribution is 2.38. The molecular weight excluding hydrogens is 348 g/mol. The molecule has 4 heterocycles. The van der Waals surface area contributed by atoms with Crippen molar-refractivity contribution in [3.8, 4) is 11.3 Å². The summed E-state index contributed by atoms with van der Waals surface area (Å²) in [4.78, 5) is 17.9. The van der Waals surface area contributed by atoms with Gasteiger partial charge in [0.1, 0.15) is 27.9 Å². The standard InChI is InChI=1S/C20H14N2O3S/c1-11-7-8-15(25-11)13-10-26-20-17(13)19(24)21-18-16(14(23)9-22(18)20)12-5-3-2-4-6-12/h2-8,10,23H,9H2,1H3. The molecule has 1 aromatic carbocycles. The van der Waals surface area contributed by atoms with E-state index in [1.54, 1.807) is 0 Å². The first-order valence-electron chi connectivity index (χ1n) is 8.20. The molecular formula is C20H14N2O3S. The third kappa shape index (κ3) is 2.09. The fourth-order valence-corrected chi connectivity index (χ4v) is 4.48. The maximum atomic E-state index is 12.8. The first kappa shape index (κ1) is 15.2. The highest BCUT2D eigenvalue weighted by molar-refractivity contribution is 7.17. The van der Waals surface area contributed by atoms with E-state index in [0.717, 1.165) is 21.7 Å². The Labute approximate surface area is 152 Å². The van der Waals surface area contributed by atoms with E-state index in [-0.39, 0.29) is 11.3 Å². The van der Waals surface area contributed by atoms with Gasteiger partial charge in [-0.15, -0.1) is 11.3 Å². The zero-order valence-corrected chi connectivity index (χ0v) is 14.7. The Morgan fingerprint density at radius 3 is 2.73 bits per heavy atom. The summed E-state index contributed by atoms with van der Waals surface area (Å²) in [6.07, 6.45) is 0. The van der Waals surface area contributed by atoms with Crippen LogP contribution in [0.1, 0.15) is 17.1 Å². The average molecular weight is 362 g/mol. The smallest absolute Gasteiger partial charge is 0.282 e. The lowest BCUT2D eigenvalue weighted by Crippen LogP contribution is -2.14. The minimum atomic E-state index is -0.306. The van der Waals surface area contributed by atoms with Crippen molar-refractivity contribution in [1.29, 1.82) is 0 Å². The first-order chi connectivity index (χ1) is 12.6. The third-order valence-corrected chi connectivity index (χ3v) is 5.58. The zero-order chi connectivity index (χ0) is 17.8. The predicted octanol–water partition coefficient (Wildman–Crippen LogP) is 4.36. The van der Waals surface area contributed by atoms with Crippen LogP contribution < -0.4 is 5.56 Å². The molecule has 1 N–H and O–H groups in total. The lowest BCUT2D eigenvalue weighted by atomic mass is 10.1. The van der Waals surface area contributed by atoms with Crippen LogP contribution in [0.2, 0.25) is 0 Å². The Morgan fingerprint density at radius 1 is 1.19 bits per heavy atom. The fourth-order valence-electron chi connectivity index (χ4n) is 3.42. The number of allylic oxidation sites excluding steroid dienone is 1. The molecule has 0 radical (unpaired) electrons. The number of nitrogens with zero attached hydrogens (tertiary/aromatic N) is 2. The van der Waals surface area contributed by atoms with Gasteiger partial charge in [-0.2, -0.15) is 4.98 Å². The van der Waals surface area contributed by atoms with Crippen molar-refractivity contribution in [2.24, 2.45) is 0 Å². The van der Waals surface area contributed by atoms with Gasteiger partial charge in [0, 0.05) is 10.9 Å². The molecule has 5 nitrogen and oxygen atoms in total. The van der Waals surface area contributed by atoms with E-state index in [2.05, 4.69) is 4.98 Å². The van der Waals surface area contributed by atoms with Crippen LogP contribution in [0.5, 0.6) is 0 Å². The van der Waals surface area contributed by atoms with Gasteiger partial charge >= 0.3 is 0 Å². The second-order valence-electron chi connectivity index (χ2n) is 6.25. The number of fused-ring (bicyclic) bond motifs is 3. The second-order valence-corrected chi connectivity index (χ2v) is 7.11. The van der Waals surface area contributed by atoms with Gasteiger partial charge in [0.2, 0.25) is 0 Å². The van der Waals surface area contributed by atoms with E-state index in [0.29, 0.717) is 29.1 Å². The van der Waals surface area contributed by atoms with Gasteiger partial charge in [-0.1, -0.05) is 30.3 Å². The van der Waals surface area contributed by atoms with Gasteiger partial charge in [-0.3, -0.25) is 4.79 Å². The van der Waals surface area contributed by atoms with Crippen LogP contribution >= 0.6 is 11.3 Å². The van der Waals surface area contributed by atoms with Crippen LogP contribution in [-0.2, 0) is 6.54 Å². The van der Waals surface area contributed by atoms with Crippen molar-refractivity contribution in [3.63, 3.8) is 0 Å². The minimum Gasteiger partial charge on any atom is -0.510 e. The number of hydrogen-bond donors (Lipinski definition) is 1. The molecule has 26 heavy (non-hydrogen) atoms. The fraction of sp³-hybridized carbons (Fsp3) is 0.100. The van der Waals surface area contributed by atoms with Crippen molar-refractivity contribution in [1.82, 2.24) is 9.55 Å². The predicted molar refractivity (Wildman–Crippen MR) is 101 cm³/mol. The maximum absolute atomic E-state index is 12.8. The number of benzene rings is 1. The highest BCUT2D eigenvalue weighted by atomic mass is 32.1. The molecule has 5 rings (SSSR count). The summed E-state index contributed by atoms with van der Waals surface area (Å²) in [5.41, 5.74) is 1.91. The Hall–Kier alpha value is -3.12. The Balaban J connectivity index is 1.76. The number of furan rings is 1. The molecule has 1 aliphatic rings. The highest BCUT2D eigenvalue weighted by Gasteiger charge is 2.28. The quantitative estimate of drug-likeness (QED) is 0.575. The molecule has 128 valence electrons. The number of hydrogen-bond acceptors (Lipinski definition) is 5. The van der Waals surface area contributed by atoms with Gasteiger partial charge in [0.25, 0.3) is 5.56 Å². The third-order valence-electron chi connectivity index (χ3n) is 4.58. The van der Waals surface area contributed by atoms with Crippen LogP contribution in [0.4, 0.5) is 0 Å². The summed E-state index contributed by atoms with van der Waals surface area (Å²) >= 11 is 1.46. The van der Waals surface area contributed by atoms with Crippen molar-refractivity contribution in [3.05, 3.63) is 81.1 Å². The molecule has 0 unspecified atom stereocenters. The Bertz CT molecular complexity index is 1250. The molecule has 6 heteroatoms. The van der Waals surface area contributed by atoms with Gasteiger partial charge in [0.05, 0.1) is 17.5 Å². The molecule has 0 saturated carbocycles. The molecule has 0 atom stereocenters. The van der Waals surface area contributed by atoms with E-state index in [9.17, 15) is 9.90 Å². The molecule has 0 fully saturated rings. The lowest BCUT2D eigenvalue weighted by molar-refractivity contribution is 0.389. The second kappa shape index (κ2) is 5.44. The maximum Gasteiger partial charge on any atom is 0.282 e. The number of aliphatic hydroxyl groups is 1. The topological polar surface area (TPSA) is 68.3 Å². The van der Waals surface area contributed by atoms with Crippen LogP contribution in [0.25, 0.3) is 27.1 Å². The molecule has 0 saturated heterocycles. The number of thiophene rings is 1. The minimum absolute atomic E-state index is 0.222. The van der Waals surface area contributed by atoms with Crippen LogP contribution in [0, 0.1) is 6.92 Å². The normalized spacial score (nSPS) is 13.6. The molecule has 0 bridgehead atoms. The van der Waals surface area contributed by atoms with E-state index in [1.165, 1.54) is 11.3 Å². The van der Waals surface area contributed by atoms with Crippen molar-refractivity contribution in [2.75, 3.05) is 0 Å². The number of aromatic nitrogens is 2. The summed E-state index contributed by atoms with van der Waals surface area (Å²) in [5.74, 6) is 2.18. The largest absolute Gasteiger partial charge is 0.510 e.